The monoisotopic (exact) mass is 532 g/mol. The molecule has 0 heterocycles. The molecular formula is C34H48N2O3. The Hall–Kier alpha value is -2.27. The van der Waals surface area contributed by atoms with E-state index < -0.39 is 0 Å². The maximum atomic E-state index is 12.6. The van der Waals surface area contributed by atoms with E-state index in [4.69, 9.17) is 9.73 Å². The van der Waals surface area contributed by atoms with Crippen molar-refractivity contribution in [2.45, 2.75) is 99.1 Å². The molecule has 1 aromatic rings. The van der Waals surface area contributed by atoms with Crippen molar-refractivity contribution in [1.29, 1.82) is 0 Å². The third-order valence-electron chi connectivity index (χ3n) is 11.4. The first-order valence-electron chi connectivity index (χ1n) is 15.4. The van der Waals surface area contributed by atoms with Gasteiger partial charge in [-0.25, -0.2) is 4.79 Å². The van der Waals surface area contributed by atoms with Crippen molar-refractivity contribution >= 4 is 23.2 Å². The number of fused-ring (bicyclic) bond motifs is 5. The summed E-state index contributed by atoms with van der Waals surface area (Å²) in [4.78, 5) is 32.2. The number of ketones is 1. The van der Waals surface area contributed by atoms with Gasteiger partial charge < -0.3 is 4.74 Å². The van der Waals surface area contributed by atoms with Gasteiger partial charge in [0.15, 0.2) is 6.23 Å². The lowest BCUT2D eigenvalue weighted by molar-refractivity contribution is -0.127. The summed E-state index contributed by atoms with van der Waals surface area (Å²) in [6.45, 7) is 14.5. The first-order valence-corrected chi connectivity index (χ1v) is 15.4. The van der Waals surface area contributed by atoms with Gasteiger partial charge in [0.2, 0.25) is 0 Å². The van der Waals surface area contributed by atoms with Gasteiger partial charge in [-0.2, -0.15) is 0 Å². The number of carbonyl (C=O) groups excluding carboxylic acids is 2. The summed E-state index contributed by atoms with van der Waals surface area (Å²) in [7, 11) is 0. The Bertz CT molecular complexity index is 1150. The van der Waals surface area contributed by atoms with Gasteiger partial charge in [0.05, 0.1) is 11.3 Å². The Kier molecular flexibility index (Phi) is 7.94. The van der Waals surface area contributed by atoms with Crippen LogP contribution in [0.15, 0.2) is 40.9 Å². The van der Waals surface area contributed by atoms with Crippen LogP contribution < -0.4 is 0 Å². The quantitative estimate of drug-likeness (QED) is 0.266. The van der Waals surface area contributed by atoms with E-state index in [0.717, 1.165) is 62.0 Å². The number of Topliss-reactive ketones (excluding diaryl/α,β-unsaturated/α-hetero) is 1. The predicted octanol–water partition coefficient (Wildman–Crippen LogP) is 7.77. The molecule has 1 aromatic carbocycles. The standard InChI is InChI=1S/C34H48N2O3/c1-7-36(8-2)23(4)39-32(38)24-9-12-26(13-10-24)35-27-17-19-33(5)25(21-27)11-14-28-30-16-15-29(22(3)37)34(30,6)20-18-31(28)33/h9-10,12-13,21,23,28-31H,7-8,11,14-20H2,1-6H3/t23?,28-,29+,30-,31-,33-,34+/m0/s1. The minimum absolute atomic E-state index is 0.216. The number of aliphatic imine (C=N–C) groups is 1. The van der Waals surface area contributed by atoms with Crippen LogP contribution in [0.3, 0.4) is 0 Å². The minimum Gasteiger partial charge on any atom is -0.443 e. The zero-order valence-electron chi connectivity index (χ0n) is 25.0. The van der Waals surface area contributed by atoms with Crippen molar-refractivity contribution in [3.63, 3.8) is 0 Å². The van der Waals surface area contributed by atoms with E-state index >= 15 is 0 Å². The summed E-state index contributed by atoms with van der Waals surface area (Å²) in [6.07, 6.45) is 11.5. The molecule has 0 amide bonds. The number of benzene rings is 1. The van der Waals surface area contributed by atoms with Gasteiger partial charge in [0, 0.05) is 11.6 Å². The molecule has 212 valence electrons. The molecule has 0 aromatic heterocycles. The Morgan fingerprint density at radius 3 is 2.38 bits per heavy atom. The van der Waals surface area contributed by atoms with E-state index in [-0.39, 0.29) is 28.9 Å². The number of carbonyl (C=O) groups is 2. The van der Waals surface area contributed by atoms with Gasteiger partial charge in [0.1, 0.15) is 5.78 Å². The van der Waals surface area contributed by atoms with E-state index in [9.17, 15) is 9.59 Å². The smallest absolute Gasteiger partial charge is 0.339 e. The molecule has 4 aliphatic carbocycles. The molecule has 0 spiro atoms. The fourth-order valence-electron chi connectivity index (χ4n) is 9.20. The molecule has 4 aliphatic rings. The van der Waals surface area contributed by atoms with E-state index in [0.29, 0.717) is 17.3 Å². The number of hydrogen-bond acceptors (Lipinski definition) is 5. The highest BCUT2D eigenvalue weighted by Crippen LogP contribution is 2.66. The van der Waals surface area contributed by atoms with Crippen LogP contribution in [0.2, 0.25) is 0 Å². The van der Waals surface area contributed by atoms with E-state index in [1.54, 1.807) is 5.57 Å². The SMILES string of the molecule is CCN(CC)C(C)OC(=O)c1ccc(N=C2C=C3CC[C@H]4[C@@H]5CC[C@H](C(C)=O)[C@@]5(C)CC[C@@H]4[C@@]3(C)CC2)cc1. The molecule has 0 bridgehead atoms. The van der Waals surface area contributed by atoms with Crippen LogP contribution >= 0.6 is 0 Å². The van der Waals surface area contributed by atoms with Gasteiger partial charge >= 0.3 is 5.97 Å². The lowest BCUT2D eigenvalue weighted by atomic mass is 9.46. The Labute approximate surface area is 235 Å². The van der Waals surface area contributed by atoms with Crippen LogP contribution in [0, 0.1) is 34.5 Å². The molecule has 0 aliphatic heterocycles. The number of esters is 1. The number of nitrogens with zero attached hydrogens (tertiary/aromatic N) is 2. The molecule has 5 rings (SSSR count). The van der Waals surface area contributed by atoms with Crippen molar-refractivity contribution in [2.24, 2.45) is 39.5 Å². The fraction of sp³-hybridized carbons (Fsp3) is 0.676. The average molecular weight is 533 g/mol. The highest BCUT2D eigenvalue weighted by atomic mass is 16.6. The van der Waals surface area contributed by atoms with E-state index in [1.165, 1.54) is 25.7 Å². The normalized spacial score (nSPS) is 35.6. The molecule has 0 radical (unpaired) electrons. The summed E-state index contributed by atoms with van der Waals surface area (Å²) in [5, 5.41) is 0. The number of ether oxygens (including phenoxy) is 1. The van der Waals surface area contributed by atoms with Gasteiger partial charge in [-0.3, -0.25) is 14.7 Å². The second-order valence-electron chi connectivity index (χ2n) is 13.2. The van der Waals surface area contributed by atoms with Gasteiger partial charge in [-0.05, 0) is 137 Å². The molecule has 7 atom stereocenters. The zero-order chi connectivity index (χ0) is 27.9. The van der Waals surface area contributed by atoms with Crippen LogP contribution in [-0.2, 0) is 9.53 Å². The van der Waals surface area contributed by atoms with Gasteiger partial charge in [0.25, 0.3) is 0 Å². The lowest BCUT2D eigenvalue weighted by Crippen LogP contribution is -2.51. The number of allylic oxidation sites excluding steroid dienone is 2. The van der Waals surface area contributed by atoms with Crippen LogP contribution in [0.5, 0.6) is 0 Å². The lowest BCUT2D eigenvalue weighted by Gasteiger charge is -2.58. The van der Waals surface area contributed by atoms with Crippen LogP contribution in [-0.4, -0.2) is 41.7 Å². The summed E-state index contributed by atoms with van der Waals surface area (Å²) >= 11 is 0. The molecule has 0 saturated heterocycles. The highest BCUT2D eigenvalue weighted by molar-refractivity contribution is 5.98. The molecular weight excluding hydrogens is 484 g/mol. The minimum atomic E-state index is -0.290. The van der Waals surface area contributed by atoms with Crippen molar-refractivity contribution in [3.05, 3.63) is 41.5 Å². The summed E-state index contributed by atoms with van der Waals surface area (Å²) in [5.41, 5.74) is 4.67. The molecule has 5 nitrogen and oxygen atoms in total. The summed E-state index contributed by atoms with van der Waals surface area (Å²) in [5.74, 6) is 2.59. The van der Waals surface area contributed by atoms with Crippen molar-refractivity contribution in [3.8, 4) is 0 Å². The third-order valence-corrected chi connectivity index (χ3v) is 11.4. The summed E-state index contributed by atoms with van der Waals surface area (Å²) in [6, 6.07) is 7.53. The van der Waals surface area contributed by atoms with E-state index in [1.807, 2.05) is 38.1 Å². The van der Waals surface area contributed by atoms with Crippen LogP contribution in [0.1, 0.15) is 103 Å². The third kappa shape index (κ3) is 5.05. The largest absolute Gasteiger partial charge is 0.443 e. The zero-order valence-corrected chi connectivity index (χ0v) is 25.0. The first-order chi connectivity index (χ1) is 18.6. The summed E-state index contributed by atoms with van der Waals surface area (Å²) < 4.78 is 5.66. The van der Waals surface area contributed by atoms with Gasteiger partial charge in [-0.15, -0.1) is 0 Å². The van der Waals surface area contributed by atoms with Crippen LogP contribution in [0.4, 0.5) is 5.69 Å². The predicted molar refractivity (Wildman–Crippen MR) is 157 cm³/mol. The van der Waals surface area contributed by atoms with E-state index in [2.05, 4.69) is 38.7 Å². The number of hydrogen-bond donors (Lipinski definition) is 0. The fourth-order valence-corrected chi connectivity index (χ4v) is 9.20. The Morgan fingerprint density at radius 2 is 1.72 bits per heavy atom. The molecule has 3 saturated carbocycles. The first kappa shape index (κ1) is 28.3. The second kappa shape index (κ2) is 11.0. The van der Waals surface area contributed by atoms with Crippen molar-refractivity contribution < 1.29 is 14.3 Å². The molecule has 5 heteroatoms. The van der Waals surface area contributed by atoms with Crippen molar-refractivity contribution in [2.75, 3.05) is 13.1 Å². The maximum Gasteiger partial charge on any atom is 0.339 e. The topological polar surface area (TPSA) is 59.0 Å². The molecule has 1 unspecified atom stereocenters. The average Bonchev–Trinajstić information content (AvgIpc) is 3.27. The van der Waals surface area contributed by atoms with Gasteiger partial charge in [-0.1, -0.05) is 33.3 Å². The maximum absolute atomic E-state index is 12.6. The molecule has 39 heavy (non-hydrogen) atoms. The molecule has 0 N–H and O–H groups in total. The molecule has 3 fully saturated rings. The Balaban J connectivity index is 1.28. The number of rotatable bonds is 7. The van der Waals surface area contributed by atoms with Crippen molar-refractivity contribution in [1.82, 2.24) is 4.90 Å². The Morgan fingerprint density at radius 1 is 1.00 bits per heavy atom. The van der Waals surface area contributed by atoms with Crippen LogP contribution in [0.25, 0.3) is 0 Å². The highest BCUT2D eigenvalue weighted by Gasteiger charge is 2.59. The second-order valence-corrected chi connectivity index (χ2v) is 13.2.